The van der Waals surface area contributed by atoms with Crippen LogP contribution in [0.5, 0.6) is 0 Å². The molecule has 1 fully saturated rings. The van der Waals surface area contributed by atoms with Crippen LogP contribution in [0.3, 0.4) is 0 Å². The summed E-state index contributed by atoms with van der Waals surface area (Å²) in [6.45, 7) is 3.62. The molecular formula is C17H20N2O3S. The fourth-order valence-electron chi connectivity index (χ4n) is 2.71. The number of carbonyl (C=O) groups excluding carboxylic acids is 2. The molecule has 3 rings (SSSR count). The highest BCUT2D eigenvalue weighted by Crippen LogP contribution is 2.42. The minimum absolute atomic E-state index is 0.0455. The summed E-state index contributed by atoms with van der Waals surface area (Å²) in [5.41, 5.74) is 1.11. The SMILES string of the molecule is CC(C)OC(=O)CC1NC(=O)C2C=C(c3ccccc3)SC2N1. The molecule has 0 aromatic heterocycles. The maximum Gasteiger partial charge on any atom is 0.309 e. The largest absolute Gasteiger partial charge is 0.463 e. The quantitative estimate of drug-likeness (QED) is 0.827. The molecule has 0 saturated carbocycles. The Morgan fingerprint density at radius 1 is 1.30 bits per heavy atom. The first kappa shape index (κ1) is 16.1. The number of thioether (sulfide) groups is 1. The van der Waals surface area contributed by atoms with E-state index in [0.717, 1.165) is 10.5 Å². The molecule has 122 valence electrons. The van der Waals surface area contributed by atoms with E-state index >= 15 is 0 Å². The first-order valence-corrected chi connectivity index (χ1v) is 8.60. The van der Waals surface area contributed by atoms with Gasteiger partial charge in [0.1, 0.15) is 0 Å². The molecule has 2 N–H and O–H groups in total. The van der Waals surface area contributed by atoms with Gasteiger partial charge < -0.3 is 10.1 Å². The zero-order valence-electron chi connectivity index (χ0n) is 13.1. The fourth-order valence-corrected chi connectivity index (χ4v) is 4.06. The lowest BCUT2D eigenvalue weighted by Gasteiger charge is -2.32. The minimum atomic E-state index is -0.383. The minimum Gasteiger partial charge on any atom is -0.463 e. The topological polar surface area (TPSA) is 67.4 Å². The molecule has 0 bridgehead atoms. The van der Waals surface area contributed by atoms with E-state index in [1.54, 1.807) is 11.8 Å². The van der Waals surface area contributed by atoms with Gasteiger partial charge >= 0.3 is 5.97 Å². The maximum absolute atomic E-state index is 12.3. The van der Waals surface area contributed by atoms with Crippen LogP contribution in [-0.4, -0.2) is 29.5 Å². The molecule has 2 heterocycles. The van der Waals surface area contributed by atoms with E-state index in [4.69, 9.17) is 4.74 Å². The highest BCUT2D eigenvalue weighted by atomic mass is 32.2. The van der Waals surface area contributed by atoms with Crippen LogP contribution in [0.2, 0.25) is 0 Å². The van der Waals surface area contributed by atoms with E-state index in [1.807, 2.05) is 50.3 Å². The van der Waals surface area contributed by atoms with E-state index in [0.29, 0.717) is 0 Å². The van der Waals surface area contributed by atoms with E-state index < -0.39 is 0 Å². The van der Waals surface area contributed by atoms with Crippen molar-refractivity contribution in [3.63, 3.8) is 0 Å². The Hall–Kier alpha value is -1.79. The Labute approximate surface area is 139 Å². The standard InChI is InChI=1S/C17H20N2O3S/c1-10(2)22-15(20)9-14-18-16(21)12-8-13(23-17(12)19-14)11-6-4-3-5-7-11/h3-8,10,12,14,17,19H,9H2,1-2H3,(H,18,21). The third kappa shape index (κ3) is 3.76. The van der Waals surface area contributed by atoms with Crippen LogP contribution in [0.15, 0.2) is 36.4 Å². The Morgan fingerprint density at radius 2 is 2.04 bits per heavy atom. The van der Waals surface area contributed by atoms with Gasteiger partial charge in [0.15, 0.2) is 0 Å². The van der Waals surface area contributed by atoms with Gasteiger partial charge in [-0.2, -0.15) is 0 Å². The van der Waals surface area contributed by atoms with E-state index in [9.17, 15) is 9.59 Å². The summed E-state index contributed by atoms with van der Waals surface area (Å²) in [6, 6.07) is 10.0. The number of hydrogen-bond donors (Lipinski definition) is 2. The zero-order valence-corrected chi connectivity index (χ0v) is 13.9. The Morgan fingerprint density at radius 3 is 2.74 bits per heavy atom. The van der Waals surface area contributed by atoms with Crippen LogP contribution in [0, 0.1) is 5.92 Å². The third-order valence-corrected chi connectivity index (χ3v) is 5.00. The van der Waals surface area contributed by atoms with Crippen molar-refractivity contribution in [2.75, 3.05) is 0 Å². The zero-order chi connectivity index (χ0) is 16.4. The number of amides is 1. The molecule has 1 aromatic rings. The second-order valence-electron chi connectivity index (χ2n) is 5.93. The van der Waals surface area contributed by atoms with Crippen LogP contribution in [-0.2, 0) is 14.3 Å². The summed E-state index contributed by atoms with van der Waals surface area (Å²) < 4.78 is 5.14. The first-order chi connectivity index (χ1) is 11.0. The molecular weight excluding hydrogens is 312 g/mol. The van der Waals surface area contributed by atoms with Crippen molar-refractivity contribution in [1.29, 1.82) is 0 Å². The number of hydrogen-bond acceptors (Lipinski definition) is 5. The molecule has 6 heteroatoms. The second-order valence-corrected chi connectivity index (χ2v) is 7.12. The lowest BCUT2D eigenvalue weighted by Crippen LogP contribution is -2.59. The van der Waals surface area contributed by atoms with Crippen molar-refractivity contribution in [2.24, 2.45) is 5.92 Å². The van der Waals surface area contributed by atoms with Gasteiger partial charge in [0.25, 0.3) is 0 Å². The van der Waals surface area contributed by atoms with Crippen molar-refractivity contribution in [3.8, 4) is 0 Å². The summed E-state index contributed by atoms with van der Waals surface area (Å²) >= 11 is 1.63. The Balaban J connectivity index is 1.65. The average molecular weight is 332 g/mol. The lowest BCUT2D eigenvalue weighted by atomic mass is 10.0. The normalized spacial score (nSPS) is 26.5. The van der Waals surface area contributed by atoms with Crippen molar-refractivity contribution < 1.29 is 14.3 Å². The molecule has 0 radical (unpaired) electrons. The van der Waals surface area contributed by atoms with E-state index in [-0.39, 0.29) is 41.9 Å². The molecule has 2 aliphatic heterocycles. The maximum atomic E-state index is 12.3. The number of ether oxygens (including phenoxy) is 1. The van der Waals surface area contributed by atoms with Crippen LogP contribution >= 0.6 is 11.8 Å². The third-order valence-electron chi connectivity index (χ3n) is 3.69. The number of rotatable bonds is 4. The van der Waals surface area contributed by atoms with Gasteiger partial charge in [-0.25, -0.2) is 0 Å². The lowest BCUT2D eigenvalue weighted by molar-refractivity contribution is -0.148. The fraction of sp³-hybridized carbons (Fsp3) is 0.412. The monoisotopic (exact) mass is 332 g/mol. The van der Waals surface area contributed by atoms with Gasteiger partial charge in [-0.15, -0.1) is 11.8 Å². The summed E-state index contributed by atoms with van der Waals surface area (Å²) in [6.07, 6.45) is 1.59. The predicted molar refractivity (Wildman–Crippen MR) is 90.2 cm³/mol. The van der Waals surface area contributed by atoms with Gasteiger partial charge in [0.05, 0.1) is 30.0 Å². The van der Waals surface area contributed by atoms with Gasteiger partial charge in [-0.1, -0.05) is 36.4 Å². The molecule has 3 unspecified atom stereocenters. The highest BCUT2D eigenvalue weighted by Gasteiger charge is 2.40. The highest BCUT2D eigenvalue weighted by molar-refractivity contribution is 8.09. The van der Waals surface area contributed by atoms with Crippen molar-refractivity contribution in [2.45, 2.75) is 37.9 Å². The van der Waals surface area contributed by atoms with Crippen LogP contribution in [0.25, 0.3) is 4.91 Å². The van der Waals surface area contributed by atoms with Gasteiger partial charge in [-0.05, 0) is 19.4 Å². The smallest absolute Gasteiger partial charge is 0.309 e. The number of fused-ring (bicyclic) bond motifs is 1. The molecule has 0 spiro atoms. The van der Waals surface area contributed by atoms with Crippen molar-refractivity contribution >= 4 is 28.5 Å². The Kier molecular flexibility index (Phi) is 4.73. The summed E-state index contributed by atoms with van der Waals surface area (Å²) in [7, 11) is 0. The molecule has 3 atom stereocenters. The molecule has 1 amide bonds. The first-order valence-electron chi connectivity index (χ1n) is 7.73. The number of nitrogens with one attached hydrogen (secondary N) is 2. The van der Waals surface area contributed by atoms with Crippen molar-refractivity contribution in [1.82, 2.24) is 10.6 Å². The predicted octanol–water partition coefficient (Wildman–Crippen LogP) is 2.10. The summed E-state index contributed by atoms with van der Waals surface area (Å²) in [5, 5.41) is 6.14. The van der Waals surface area contributed by atoms with Crippen LogP contribution < -0.4 is 10.6 Å². The van der Waals surface area contributed by atoms with Crippen molar-refractivity contribution in [3.05, 3.63) is 42.0 Å². The molecule has 23 heavy (non-hydrogen) atoms. The summed E-state index contributed by atoms with van der Waals surface area (Å²) in [5.74, 6) is -0.572. The van der Waals surface area contributed by atoms with Gasteiger partial charge in [0.2, 0.25) is 5.91 Å². The Bertz CT molecular complexity index is 630. The molecule has 1 saturated heterocycles. The number of benzene rings is 1. The van der Waals surface area contributed by atoms with E-state index in [2.05, 4.69) is 10.6 Å². The average Bonchev–Trinajstić information content (AvgIpc) is 2.92. The van der Waals surface area contributed by atoms with E-state index in [1.165, 1.54) is 0 Å². The van der Waals surface area contributed by atoms with Gasteiger partial charge in [-0.3, -0.25) is 14.9 Å². The molecule has 0 aliphatic carbocycles. The van der Waals surface area contributed by atoms with Gasteiger partial charge in [0, 0.05) is 4.91 Å². The molecule has 2 aliphatic rings. The van der Waals surface area contributed by atoms with Crippen LogP contribution in [0.4, 0.5) is 0 Å². The molecule has 1 aromatic carbocycles. The number of carbonyl (C=O) groups is 2. The number of esters is 1. The second kappa shape index (κ2) is 6.76. The summed E-state index contributed by atoms with van der Waals surface area (Å²) in [4.78, 5) is 25.2. The van der Waals surface area contributed by atoms with Crippen LogP contribution in [0.1, 0.15) is 25.8 Å². The molecule has 5 nitrogen and oxygen atoms in total.